The highest BCUT2D eigenvalue weighted by molar-refractivity contribution is 6.05. The molecule has 0 bridgehead atoms. The maximum absolute atomic E-state index is 6.17. The first-order valence-corrected chi connectivity index (χ1v) is 9.82. The predicted molar refractivity (Wildman–Crippen MR) is 111 cm³/mol. The lowest BCUT2D eigenvalue weighted by molar-refractivity contribution is 0.288. The number of benzene rings is 2. The number of H-pyrrole nitrogens is 1. The second-order valence-electron chi connectivity index (χ2n) is 7.35. The monoisotopic (exact) mass is 385 g/mol. The lowest BCUT2D eigenvalue weighted by Crippen LogP contribution is -2.35. The Morgan fingerprint density at radius 1 is 1.07 bits per heavy atom. The van der Waals surface area contributed by atoms with Crippen LogP contribution in [0.5, 0.6) is 5.75 Å². The van der Waals surface area contributed by atoms with E-state index >= 15 is 0 Å². The number of nitrogens with one attached hydrogen (secondary N) is 1. The number of hydrogen-bond donors (Lipinski definition) is 1. The molecule has 3 aromatic heterocycles. The fourth-order valence-corrected chi connectivity index (χ4v) is 4.24. The molecule has 1 N–H and O–H groups in total. The normalized spacial score (nSPS) is 17.0. The first kappa shape index (κ1) is 16.4. The Morgan fingerprint density at radius 3 is 3.00 bits per heavy atom. The highest BCUT2D eigenvalue weighted by atomic mass is 16.5. The number of aromatic nitrogens is 4. The van der Waals surface area contributed by atoms with E-state index in [1.165, 1.54) is 0 Å². The Labute approximate surface area is 166 Å². The molecule has 0 saturated carbocycles. The van der Waals surface area contributed by atoms with Crippen LogP contribution >= 0.6 is 0 Å². The van der Waals surface area contributed by atoms with E-state index in [1.54, 1.807) is 12.7 Å². The van der Waals surface area contributed by atoms with Crippen LogP contribution in [0, 0.1) is 0 Å². The van der Waals surface area contributed by atoms with Gasteiger partial charge in [-0.1, -0.05) is 18.2 Å². The largest absolute Gasteiger partial charge is 0.491 e. The number of nitrogens with zero attached hydrogens (tertiary/aromatic N) is 4. The fourth-order valence-electron chi connectivity index (χ4n) is 4.24. The van der Waals surface area contributed by atoms with E-state index in [-0.39, 0.29) is 6.04 Å². The Kier molecular flexibility index (Phi) is 3.65. The van der Waals surface area contributed by atoms with Crippen LogP contribution < -0.4 is 9.64 Å². The Hall–Kier alpha value is -3.61. The van der Waals surface area contributed by atoms with Crippen molar-refractivity contribution in [1.29, 1.82) is 0 Å². The standard InChI is InChI=1S/C22H19N5O2/c1-2-6-18-16(5-1)17-8-7-15(10-19(17)29-18)28-11-14-4-3-9-27(14)22-20-21(24-12-23-20)25-13-26-22/h1-2,5-8,10,12-14H,3-4,9,11H2,(H,23,24,25,26)/t14-/m1/s1. The zero-order valence-electron chi connectivity index (χ0n) is 15.7. The van der Waals surface area contributed by atoms with Gasteiger partial charge >= 0.3 is 0 Å². The van der Waals surface area contributed by atoms with Crippen molar-refractivity contribution in [2.45, 2.75) is 18.9 Å². The molecular weight excluding hydrogens is 366 g/mol. The molecule has 1 aliphatic rings. The number of rotatable bonds is 4. The van der Waals surface area contributed by atoms with Gasteiger partial charge in [-0.2, -0.15) is 0 Å². The molecule has 0 aliphatic carbocycles. The second-order valence-corrected chi connectivity index (χ2v) is 7.35. The van der Waals surface area contributed by atoms with Gasteiger partial charge in [-0.05, 0) is 31.0 Å². The minimum absolute atomic E-state index is 0.246. The van der Waals surface area contributed by atoms with Gasteiger partial charge in [-0.15, -0.1) is 0 Å². The summed E-state index contributed by atoms with van der Waals surface area (Å²) < 4.78 is 12.1. The van der Waals surface area contributed by atoms with Gasteiger partial charge in [0.25, 0.3) is 0 Å². The van der Waals surface area contributed by atoms with E-state index in [0.29, 0.717) is 6.61 Å². The van der Waals surface area contributed by atoms with Gasteiger partial charge in [0.15, 0.2) is 11.5 Å². The van der Waals surface area contributed by atoms with Crippen molar-refractivity contribution in [2.24, 2.45) is 0 Å². The number of furan rings is 1. The minimum Gasteiger partial charge on any atom is -0.491 e. The summed E-state index contributed by atoms with van der Waals surface area (Å²) in [6.45, 7) is 1.53. The second kappa shape index (κ2) is 6.48. The van der Waals surface area contributed by atoms with Crippen LogP contribution in [0.25, 0.3) is 33.1 Å². The Morgan fingerprint density at radius 2 is 2.00 bits per heavy atom. The third-order valence-corrected chi connectivity index (χ3v) is 5.64. The zero-order chi connectivity index (χ0) is 19.2. The molecule has 144 valence electrons. The van der Waals surface area contributed by atoms with E-state index in [2.05, 4.69) is 37.0 Å². The van der Waals surface area contributed by atoms with E-state index in [1.807, 2.05) is 30.3 Å². The molecule has 0 amide bonds. The van der Waals surface area contributed by atoms with Crippen LogP contribution in [0.4, 0.5) is 5.82 Å². The topological polar surface area (TPSA) is 80.1 Å². The van der Waals surface area contributed by atoms with Crippen molar-refractivity contribution in [3.05, 3.63) is 55.1 Å². The van der Waals surface area contributed by atoms with Crippen molar-refractivity contribution in [1.82, 2.24) is 19.9 Å². The number of fused-ring (bicyclic) bond motifs is 4. The summed E-state index contributed by atoms with van der Waals surface area (Å²) in [5.41, 5.74) is 3.31. The van der Waals surface area contributed by atoms with E-state index < -0.39 is 0 Å². The molecule has 0 spiro atoms. The molecule has 6 rings (SSSR count). The van der Waals surface area contributed by atoms with Gasteiger partial charge in [0.1, 0.15) is 35.4 Å². The van der Waals surface area contributed by atoms with Gasteiger partial charge in [-0.25, -0.2) is 15.0 Å². The fraction of sp³-hybridized carbons (Fsp3) is 0.227. The van der Waals surface area contributed by atoms with Gasteiger partial charge < -0.3 is 19.0 Å². The molecule has 7 heteroatoms. The van der Waals surface area contributed by atoms with Crippen LogP contribution in [0.2, 0.25) is 0 Å². The van der Waals surface area contributed by atoms with Crippen molar-refractivity contribution in [2.75, 3.05) is 18.1 Å². The molecule has 4 heterocycles. The Bertz CT molecular complexity index is 1320. The molecular formula is C22H19N5O2. The average molecular weight is 385 g/mol. The maximum atomic E-state index is 6.17. The van der Waals surface area contributed by atoms with Crippen LogP contribution in [0.1, 0.15) is 12.8 Å². The summed E-state index contributed by atoms with van der Waals surface area (Å²) in [6.07, 6.45) is 5.41. The van der Waals surface area contributed by atoms with Crippen molar-refractivity contribution < 1.29 is 9.15 Å². The summed E-state index contributed by atoms with van der Waals surface area (Å²) in [7, 11) is 0. The van der Waals surface area contributed by atoms with Crippen LogP contribution in [-0.2, 0) is 0 Å². The van der Waals surface area contributed by atoms with Crippen molar-refractivity contribution >= 4 is 38.9 Å². The molecule has 1 aliphatic heterocycles. The summed E-state index contributed by atoms with van der Waals surface area (Å²) in [5.74, 6) is 1.69. The third-order valence-electron chi connectivity index (χ3n) is 5.64. The number of anilines is 1. The first-order chi connectivity index (χ1) is 14.4. The molecule has 5 aromatic rings. The zero-order valence-corrected chi connectivity index (χ0v) is 15.7. The summed E-state index contributed by atoms with van der Waals surface area (Å²) in [6, 6.07) is 14.4. The SMILES string of the molecule is c1ccc2c(c1)oc1cc(OC[C@H]3CCCN3c3ncnc4[nH]cnc34)ccc12. The van der Waals surface area contributed by atoms with Crippen LogP contribution in [0.15, 0.2) is 59.5 Å². The molecule has 1 fully saturated rings. The molecule has 0 radical (unpaired) electrons. The van der Waals surface area contributed by atoms with Crippen LogP contribution in [-0.4, -0.2) is 39.1 Å². The molecule has 2 aromatic carbocycles. The summed E-state index contributed by atoms with van der Waals surface area (Å²) in [4.78, 5) is 18.5. The summed E-state index contributed by atoms with van der Waals surface area (Å²) in [5, 5.41) is 2.24. The number of ether oxygens (including phenoxy) is 1. The molecule has 29 heavy (non-hydrogen) atoms. The predicted octanol–water partition coefficient (Wildman–Crippen LogP) is 4.30. The molecule has 0 unspecified atom stereocenters. The van der Waals surface area contributed by atoms with E-state index in [9.17, 15) is 0 Å². The van der Waals surface area contributed by atoms with Gasteiger partial charge in [-0.3, -0.25) is 0 Å². The lowest BCUT2D eigenvalue weighted by Gasteiger charge is -2.25. The summed E-state index contributed by atoms with van der Waals surface area (Å²) >= 11 is 0. The smallest absolute Gasteiger partial charge is 0.162 e. The molecule has 1 saturated heterocycles. The number of para-hydroxylation sites is 1. The maximum Gasteiger partial charge on any atom is 0.162 e. The average Bonchev–Trinajstić information content (AvgIpc) is 3.49. The van der Waals surface area contributed by atoms with Gasteiger partial charge in [0.05, 0.1) is 12.4 Å². The van der Waals surface area contributed by atoms with Crippen LogP contribution in [0.3, 0.4) is 0 Å². The van der Waals surface area contributed by atoms with Gasteiger partial charge in [0, 0.05) is 23.4 Å². The highest BCUT2D eigenvalue weighted by Crippen LogP contribution is 2.32. The first-order valence-electron chi connectivity index (χ1n) is 9.82. The quantitative estimate of drug-likeness (QED) is 0.497. The number of imidazole rings is 1. The number of hydrogen-bond acceptors (Lipinski definition) is 6. The highest BCUT2D eigenvalue weighted by Gasteiger charge is 2.28. The lowest BCUT2D eigenvalue weighted by atomic mass is 10.1. The van der Waals surface area contributed by atoms with E-state index in [0.717, 1.165) is 64.1 Å². The Balaban J connectivity index is 1.25. The molecule has 1 atom stereocenters. The van der Waals surface area contributed by atoms with E-state index in [4.69, 9.17) is 9.15 Å². The third kappa shape index (κ3) is 2.69. The molecule has 7 nitrogen and oxygen atoms in total. The van der Waals surface area contributed by atoms with Gasteiger partial charge in [0.2, 0.25) is 0 Å². The van der Waals surface area contributed by atoms with Crippen molar-refractivity contribution in [3.8, 4) is 5.75 Å². The minimum atomic E-state index is 0.246. The van der Waals surface area contributed by atoms with Crippen molar-refractivity contribution in [3.63, 3.8) is 0 Å². The number of aromatic amines is 1.